The van der Waals surface area contributed by atoms with Gasteiger partial charge >= 0.3 is 0 Å². The van der Waals surface area contributed by atoms with Gasteiger partial charge in [-0.05, 0) is 67.9 Å². The van der Waals surface area contributed by atoms with Crippen LogP contribution in [0, 0.1) is 18.8 Å². The Morgan fingerprint density at radius 1 is 1.13 bits per heavy atom. The number of anilines is 1. The van der Waals surface area contributed by atoms with Crippen molar-refractivity contribution in [2.45, 2.75) is 43.5 Å². The molecule has 0 saturated heterocycles. The summed E-state index contributed by atoms with van der Waals surface area (Å²) in [6.45, 7) is 1.59. The SMILES string of the molecule is COc1ccc(C)cc1N(CC(=O)N[C@@H]1C[C@H]2CC[C@@H]1C2)S(=O)(=O)c1ccccc1. The van der Waals surface area contributed by atoms with E-state index >= 15 is 0 Å². The molecule has 0 unspecified atom stereocenters. The Morgan fingerprint density at radius 2 is 1.90 bits per heavy atom. The molecule has 7 heteroatoms. The predicted molar refractivity (Wildman–Crippen MR) is 116 cm³/mol. The van der Waals surface area contributed by atoms with Crippen molar-refractivity contribution in [3.8, 4) is 5.75 Å². The quantitative estimate of drug-likeness (QED) is 0.732. The van der Waals surface area contributed by atoms with E-state index in [9.17, 15) is 13.2 Å². The second-order valence-corrected chi connectivity index (χ2v) is 10.2. The van der Waals surface area contributed by atoms with E-state index in [2.05, 4.69) is 5.32 Å². The number of rotatable bonds is 7. The van der Waals surface area contributed by atoms with Crippen molar-refractivity contribution < 1.29 is 17.9 Å². The van der Waals surface area contributed by atoms with E-state index in [1.54, 1.807) is 42.5 Å². The van der Waals surface area contributed by atoms with Crippen molar-refractivity contribution in [2.24, 2.45) is 11.8 Å². The standard InChI is InChI=1S/C23H28N2O4S/c1-16-8-11-22(29-2)21(12-16)25(30(27,28)19-6-4-3-5-7-19)15-23(26)24-20-14-17-9-10-18(20)13-17/h3-8,11-12,17-18,20H,9-10,13-15H2,1-2H3,(H,24,26)/t17-,18+,20+/m0/s1. The van der Waals surface area contributed by atoms with Crippen LogP contribution in [0.4, 0.5) is 5.69 Å². The topological polar surface area (TPSA) is 75.7 Å². The largest absolute Gasteiger partial charge is 0.495 e. The van der Waals surface area contributed by atoms with Gasteiger partial charge in [0.15, 0.2) is 0 Å². The van der Waals surface area contributed by atoms with Gasteiger partial charge in [0, 0.05) is 6.04 Å². The summed E-state index contributed by atoms with van der Waals surface area (Å²) in [4.78, 5) is 13.1. The highest BCUT2D eigenvalue weighted by molar-refractivity contribution is 7.92. The van der Waals surface area contributed by atoms with Crippen molar-refractivity contribution in [1.29, 1.82) is 0 Å². The van der Waals surface area contributed by atoms with Crippen molar-refractivity contribution >= 4 is 21.6 Å². The van der Waals surface area contributed by atoms with Crippen LogP contribution < -0.4 is 14.4 Å². The molecule has 160 valence electrons. The van der Waals surface area contributed by atoms with Gasteiger partial charge < -0.3 is 10.1 Å². The van der Waals surface area contributed by atoms with Crippen LogP contribution in [0.25, 0.3) is 0 Å². The van der Waals surface area contributed by atoms with E-state index in [1.165, 1.54) is 20.0 Å². The molecule has 2 aromatic carbocycles. The Bertz CT molecular complexity index is 1020. The first-order valence-corrected chi connectivity index (χ1v) is 11.8. The van der Waals surface area contributed by atoms with Gasteiger partial charge in [0.1, 0.15) is 12.3 Å². The van der Waals surface area contributed by atoms with Crippen LogP contribution >= 0.6 is 0 Å². The van der Waals surface area contributed by atoms with Gasteiger partial charge in [-0.1, -0.05) is 30.7 Å². The molecular weight excluding hydrogens is 400 g/mol. The molecule has 2 saturated carbocycles. The lowest BCUT2D eigenvalue weighted by atomic mass is 9.95. The maximum atomic E-state index is 13.5. The minimum Gasteiger partial charge on any atom is -0.495 e. The summed E-state index contributed by atoms with van der Waals surface area (Å²) < 4.78 is 33.6. The summed E-state index contributed by atoms with van der Waals surface area (Å²) in [6, 6.07) is 13.7. The number of carbonyl (C=O) groups is 1. The molecule has 0 spiro atoms. The van der Waals surface area contributed by atoms with Gasteiger partial charge in [-0.3, -0.25) is 9.10 Å². The fourth-order valence-electron chi connectivity index (χ4n) is 4.82. The van der Waals surface area contributed by atoms with Crippen LogP contribution in [0.2, 0.25) is 0 Å². The van der Waals surface area contributed by atoms with Crippen LogP contribution in [0.1, 0.15) is 31.2 Å². The van der Waals surface area contributed by atoms with Crippen LogP contribution in [0.15, 0.2) is 53.4 Å². The average molecular weight is 429 g/mol. The fourth-order valence-corrected chi connectivity index (χ4v) is 6.26. The zero-order chi connectivity index (χ0) is 21.3. The van der Waals surface area contributed by atoms with Crippen LogP contribution in [0.5, 0.6) is 5.75 Å². The molecule has 2 aromatic rings. The molecule has 4 rings (SSSR count). The summed E-state index contributed by atoms with van der Waals surface area (Å²) in [7, 11) is -2.45. The van der Waals surface area contributed by atoms with Crippen LogP contribution in [-0.4, -0.2) is 34.0 Å². The summed E-state index contributed by atoms with van der Waals surface area (Å²) in [5.74, 6) is 1.34. The lowest BCUT2D eigenvalue weighted by molar-refractivity contribution is -0.120. The first-order valence-electron chi connectivity index (χ1n) is 10.4. The number of methoxy groups -OCH3 is 1. The van der Waals surface area contributed by atoms with E-state index in [4.69, 9.17) is 4.74 Å². The normalized spacial score (nSPS) is 22.7. The molecule has 0 radical (unpaired) electrons. The number of sulfonamides is 1. The Hall–Kier alpha value is -2.54. The summed E-state index contributed by atoms with van der Waals surface area (Å²) in [6.07, 6.45) is 4.55. The van der Waals surface area contributed by atoms with Crippen molar-refractivity contribution in [1.82, 2.24) is 5.32 Å². The van der Waals surface area contributed by atoms with E-state index in [0.29, 0.717) is 23.3 Å². The molecule has 3 atom stereocenters. The maximum absolute atomic E-state index is 13.5. The van der Waals surface area contributed by atoms with Gasteiger partial charge in [0.25, 0.3) is 10.0 Å². The molecule has 30 heavy (non-hydrogen) atoms. The molecule has 1 N–H and O–H groups in total. The second-order valence-electron chi connectivity index (χ2n) is 8.35. The zero-order valence-electron chi connectivity index (χ0n) is 17.4. The number of amides is 1. The van der Waals surface area contributed by atoms with Gasteiger partial charge in [-0.25, -0.2) is 8.42 Å². The third kappa shape index (κ3) is 4.03. The van der Waals surface area contributed by atoms with Crippen molar-refractivity contribution in [2.75, 3.05) is 18.0 Å². The zero-order valence-corrected chi connectivity index (χ0v) is 18.2. The molecule has 0 heterocycles. The Morgan fingerprint density at radius 3 is 2.53 bits per heavy atom. The lowest BCUT2D eigenvalue weighted by Gasteiger charge is -2.28. The molecule has 2 fully saturated rings. The third-order valence-electron chi connectivity index (χ3n) is 6.31. The number of nitrogens with zero attached hydrogens (tertiary/aromatic N) is 1. The van der Waals surface area contributed by atoms with Gasteiger partial charge in [-0.2, -0.15) is 0 Å². The Balaban J connectivity index is 1.65. The van der Waals surface area contributed by atoms with Gasteiger partial charge in [0.2, 0.25) is 5.91 Å². The number of carbonyl (C=O) groups excluding carboxylic acids is 1. The highest BCUT2D eigenvalue weighted by Gasteiger charge is 2.40. The Labute approximate surface area is 178 Å². The minimum absolute atomic E-state index is 0.140. The number of hydrogen-bond donors (Lipinski definition) is 1. The molecule has 1 amide bonds. The first-order chi connectivity index (χ1) is 14.4. The minimum atomic E-state index is -3.95. The van der Waals surface area contributed by atoms with E-state index in [-0.39, 0.29) is 23.4 Å². The smallest absolute Gasteiger partial charge is 0.264 e. The van der Waals surface area contributed by atoms with E-state index in [0.717, 1.165) is 22.7 Å². The monoisotopic (exact) mass is 428 g/mol. The first kappa shape index (κ1) is 20.7. The van der Waals surface area contributed by atoms with E-state index in [1.807, 2.05) is 13.0 Å². The van der Waals surface area contributed by atoms with Crippen LogP contribution in [0.3, 0.4) is 0 Å². The molecule has 2 aliphatic rings. The molecule has 0 aliphatic heterocycles. The number of fused-ring (bicyclic) bond motifs is 2. The van der Waals surface area contributed by atoms with Crippen molar-refractivity contribution in [3.05, 3.63) is 54.1 Å². The highest BCUT2D eigenvalue weighted by Crippen LogP contribution is 2.44. The number of benzene rings is 2. The second kappa shape index (κ2) is 8.30. The van der Waals surface area contributed by atoms with Gasteiger partial charge in [0.05, 0.1) is 17.7 Å². The van der Waals surface area contributed by atoms with Crippen molar-refractivity contribution in [3.63, 3.8) is 0 Å². The highest BCUT2D eigenvalue weighted by atomic mass is 32.2. The lowest BCUT2D eigenvalue weighted by Crippen LogP contribution is -2.46. The summed E-state index contributed by atoms with van der Waals surface area (Å²) in [5, 5.41) is 3.10. The number of aryl methyl sites for hydroxylation is 1. The molecule has 6 nitrogen and oxygen atoms in total. The third-order valence-corrected chi connectivity index (χ3v) is 8.08. The molecule has 0 aromatic heterocycles. The summed E-state index contributed by atoms with van der Waals surface area (Å²) in [5.41, 5.74) is 1.25. The maximum Gasteiger partial charge on any atom is 0.264 e. The Kier molecular flexibility index (Phi) is 5.73. The predicted octanol–water partition coefficient (Wildman–Crippen LogP) is 3.50. The van der Waals surface area contributed by atoms with E-state index < -0.39 is 10.0 Å². The molecular formula is C23H28N2O4S. The fraction of sp³-hybridized carbons (Fsp3) is 0.435. The molecule has 2 aliphatic carbocycles. The van der Waals surface area contributed by atoms with Crippen LogP contribution in [-0.2, 0) is 14.8 Å². The number of nitrogens with one attached hydrogen (secondary N) is 1. The number of hydrogen-bond acceptors (Lipinski definition) is 4. The van der Waals surface area contributed by atoms with Gasteiger partial charge in [-0.15, -0.1) is 0 Å². The summed E-state index contributed by atoms with van der Waals surface area (Å²) >= 11 is 0. The molecule has 2 bridgehead atoms. The average Bonchev–Trinajstić information content (AvgIpc) is 3.36. The number of ether oxygens (including phenoxy) is 1.